The van der Waals surface area contributed by atoms with E-state index in [2.05, 4.69) is 20.9 Å². The summed E-state index contributed by atoms with van der Waals surface area (Å²) in [6, 6.07) is 10.7. The van der Waals surface area contributed by atoms with Gasteiger partial charge in [-0.15, -0.1) is 0 Å². The van der Waals surface area contributed by atoms with Crippen LogP contribution in [0.25, 0.3) is 0 Å². The summed E-state index contributed by atoms with van der Waals surface area (Å²) in [6.07, 6.45) is 2.05. The average molecular weight is 399 g/mol. The Morgan fingerprint density at radius 3 is 2.52 bits per heavy atom. The van der Waals surface area contributed by atoms with Gasteiger partial charge in [-0.3, -0.25) is 24.5 Å². The molecule has 0 spiro atoms. The van der Waals surface area contributed by atoms with Gasteiger partial charge in [-0.05, 0) is 18.2 Å². The van der Waals surface area contributed by atoms with Crippen molar-refractivity contribution in [3.05, 3.63) is 76.2 Å². The lowest BCUT2D eigenvalue weighted by Crippen LogP contribution is -2.36. The number of rotatable bonds is 9. The van der Waals surface area contributed by atoms with Crippen LogP contribution >= 0.6 is 0 Å². The van der Waals surface area contributed by atoms with Gasteiger partial charge in [0.1, 0.15) is 5.70 Å². The molecule has 0 saturated heterocycles. The molecule has 1 aromatic carbocycles. The third-order valence-corrected chi connectivity index (χ3v) is 3.49. The molecule has 4 N–H and O–H groups in total. The van der Waals surface area contributed by atoms with E-state index in [4.69, 9.17) is 5.11 Å². The van der Waals surface area contributed by atoms with Gasteiger partial charge in [0, 0.05) is 30.6 Å². The summed E-state index contributed by atoms with van der Waals surface area (Å²) in [5, 5.41) is 27.0. The van der Waals surface area contributed by atoms with Crippen LogP contribution in [0.1, 0.15) is 16.8 Å². The van der Waals surface area contributed by atoms with Gasteiger partial charge >= 0.3 is 11.7 Å². The van der Waals surface area contributed by atoms with E-state index < -0.39 is 22.7 Å². The van der Waals surface area contributed by atoms with Crippen molar-refractivity contribution in [3.8, 4) is 0 Å². The number of hydrogen-bond acceptors (Lipinski definition) is 7. The molecule has 0 fully saturated rings. The van der Waals surface area contributed by atoms with Crippen LogP contribution < -0.4 is 16.0 Å². The number of anilines is 1. The highest BCUT2D eigenvalue weighted by atomic mass is 16.6. The van der Waals surface area contributed by atoms with Crippen LogP contribution in [-0.2, 0) is 9.59 Å². The Bertz CT molecular complexity index is 945. The quantitative estimate of drug-likeness (QED) is 0.278. The molecular formula is C18H17N5O6. The first-order valence-corrected chi connectivity index (χ1v) is 8.31. The number of nitrogens with zero attached hydrogens (tertiary/aromatic N) is 2. The molecule has 0 aliphatic carbocycles. The molecule has 11 nitrogen and oxygen atoms in total. The minimum absolute atomic E-state index is 0.137. The number of pyridine rings is 1. The zero-order valence-electron chi connectivity index (χ0n) is 15.0. The SMILES string of the molecule is O=C(O)CCNC(=O)/C(=C/Nc1ncccc1[N+](=O)[O-])NC(=O)c1ccccc1. The molecule has 2 amide bonds. The Morgan fingerprint density at radius 1 is 1.14 bits per heavy atom. The largest absolute Gasteiger partial charge is 0.481 e. The van der Waals surface area contributed by atoms with E-state index in [0.717, 1.165) is 6.20 Å². The topological polar surface area (TPSA) is 164 Å². The Balaban J connectivity index is 2.22. The summed E-state index contributed by atoms with van der Waals surface area (Å²) in [4.78, 5) is 49.6. The summed E-state index contributed by atoms with van der Waals surface area (Å²) in [5.41, 5.74) is -0.325. The molecule has 0 unspecified atom stereocenters. The molecule has 2 rings (SSSR count). The van der Waals surface area contributed by atoms with E-state index in [1.54, 1.807) is 18.2 Å². The molecule has 1 aromatic heterocycles. The number of nitrogens with one attached hydrogen (secondary N) is 3. The summed E-state index contributed by atoms with van der Waals surface area (Å²) >= 11 is 0. The van der Waals surface area contributed by atoms with Crippen molar-refractivity contribution in [1.29, 1.82) is 0 Å². The molecule has 0 aliphatic heterocycles. The number of aromatic nitrogens is 1. The third kappa shape index (κ3) is 6.43. The molecule has 0 bridgehead atoms. The lowest BCUT2D eigenvalue weighted by molar-refractivity contribution is -0.384. The van der Waals surface area contributed by atoms with Gasteiger partial charge in [-0.25, -0.2) is 4.98 Å². The van der Waals surface area contributed by atoms with Gasteiger partial charge in [0.25, 0.3) is 11.8 Å². The Hall–Kier alpha value is -4.28. The smallest absolute Gasteiger partial charge is 0.311 e. The van der Waals surface area contributed by atoms with Gasteiger partial charge in [-0.2, -0.15) is 0 Å². The van der Waals surface area contributed by atoms with Crippen molar-refractivity contribution in [2.45, 2.75) is 6.42 Å². The maximum atomic E-state index is 12.4. The standard InChI is InChI=1S/C18H17N5O6/c24-15(25)8-10-20-18(27)13(22-17(26)12-5-2-1-3-6-12)11-21-16-14(23(28)29)7-4-9-19-16/h1-7,9,11H,8,10H2,(H,19,21)(H,20,27)(H,22,26)(H,24,25)/b13-11-. The second kappa shape index (κ2) is 10.2. The maximum absolute atomic E-state index is 12.4. The second-order valence-electron chi connectivity index (χ2n) is 5.55. The van der Waals surface area contributed by atoms with Crippen LogP contribution in [0.3, 0.4) is 0 Å². The minimum atomic E-state index is -1.11. The number of carbonyl (C=O) groups excluding carboxylic acids is 2. The molecule has 29 heavy (non-hydrogen) atoms. The average Bonchev–Trinajstić information content (AvgIpc) is 2.71. The fraction of sp³-hybridized carbons (Fsp3) is 0.111. The van der Waals surface area contributed by atoms with E-state index in [1.807, 2.05) is 0 Å². The Kier molecular flexibility index (Phi) is 7.36. The van der Waals surface area contributed by atoms with Crippen molar-refractivity contribution in [1.82, 2.24) is 15.6 Å². The lowest BCUT2D eigenvalue weighted by Gasteiger charge is -2.11. The number of carboxylic acid groups (broad SMARTS) is 1. The maximum Gasteiger partial charge on any atom is 0.311 e. The Labute approximate surface area is 164 Å². The fourth-order valence-electron chi connectivity index (χ4n) is 2.12. The normalized spacial score (nSPS) is 10.7. The molecule has 150 valence electrons. The second-order valence-corrected chi connectivity index (χ2v) is 5.55. The van der Waals surface area contributed by atoms with Crippen molar-refractivity contribution >= 4 is 29.3 Å². The number of amides is 2. The van der Waals surface area contributed by atoms with Gasteiger partial charge in [0.2, 0.25) is 5.82 Å². The first-order chi connectivity index (χ1) is 13.9. The highest BCUT2D eigenvalue weighted by Gasteiger charge is 2.17. The van der Waals surface area contributed by atoms with Crippen LogP contribution in [0.4, 0.5) is 11.5 Å². The Morgan fingerprint density at radius 2 is 1.86 bits per heavy atom. The minimum Gasteiger partial charge on any atom is -0.481 e. The zero-order chi connectivity index (χ0) is 21.2. The molecule has 11 heteroatoms. The van der Waals surface area contributed by atoms with Crippen molar-refractivity contribution in [3.63, 3.8) is 0 Å². The number of benzene rings is 1. The van der Waals surface area contributed by atoms with E-state index in [9.17, 15) is 24.5 Å². The number of hydrogen-bond donors (Lipinski definition) is 4. The first-order valence-electron chi connectivity index (χ1n) is 8.31. The number of carbonyl (C=O) groups is 3. The predicted octanol–water partition coefficient (Wildman–Crippen LogP) is 1.26. The van der Waals surface area contributed by atoms with Crippen LogP contribution in [-0.4, -0.2) is 39.3 Å². The van der Waals surface area contributed by atoms with Gasteiger partial charge < -0.3 is 21.1 Å². The summed E-state index contributed by atoms with van der Waals surface area (Å²) in [7, 11) is 0. The van der Waals surface area contributed by atoms with E-state index in [1.165, 1.54) is 30.5 Å². The summed E-state index contributed by atoms with van der Waals surface area (Å²) < 4.78 is 0. The third-order valence-electron chi connectivity index (χ3n) is 3.49. The van der Waals surface area contributed by atoms with Crippen LogP contribution in [0.15, 0.2) is 60.6 Å². The van der Waals surface area contributed by atoms with Crippen molar-refractivity contribution < 1.29 is 24.4 Å². The van der Waals surface area contributed by atoms with E-state index >= 15 is 0 Å². The lowest BCUT2D eigenvalue weighted by atomic mass is 10.2. The van der Waals surface area contributed by atoms with Crippen LogP contribution in [0, 0.1) is 10.1 Å². The molecule has 0 aliphatic rings. The van der Waals surface area contributed by atoms with Gasteiger partial charge in [0.05, 0.1) is 11.3 Å². The highest BCUT2D eigenvalue weighted by Crippen LogP contribution is 2.20. The van der Waals surface area contributed by atoms with Gasteiger partial charge in [0.15, 0.2) is 0 Å². The summed E-state index contributed by atoms with van der Waals surface area (Å²) in [5.74, 6) is -2.61. The van der Waals surface area contributed by atoms with Crippen molar-refractivity contribution in [2.24, 2.45) is 0 Å². The van der Waals surface area contributed by atoms with Crippen LogP contribution in [0.5, 0.6) is 0 Å². The van der Waals surface area contributed by atoms with Crippen LogP contribution in [0.2, 0.25) is 0 Å². The molecule has 0 radical (unpaired) electrons. The van der Waals surface area contributed by atoms with Gasteiger partial charge in [-0.1, -0.05) is 18.2 Å². The van der Waals surface area contributed by atoms with Crippen molar-refractivity contribution in [2.75, 3.05) is 11.9 Å². The summed E-state index contributed by atoms with van der Waals surface area (Å²) in [6.45, 7) is -0.170. The molecule has 0 atom stereocenters. The fourth-order valence-corrected chi connectivity index (χ4v) is 2.12. The number of aliphatic carboxylic acids is 1. The molecule has 2 aromatic rings. The predicted molar refractivity (Wildman–Crippen MR) is 102 cm³/mol. The number of nitro groups is 1. The zero-order valence-corrected chi connectivity index (χ0v) is 15.0. The van der Waals surface area contributed by atoms with E-state index in [0.29, 0.717) is 0 Å². The van der Waals surface area contributed by atoms with E-state index in [-0.39, 0.29) is 35.7 Å². The molecular weight excluding hydrogens is 382 g/mol. The molecule has 0 saturated carbocycles. The highest BCUT2D eigenvalue weighted by molar-refractivity contribution is 6.03. The number of carboxylic acids is 1. The molecule has 1 heterocycles. The monoisotopic (exact) mass is 399 g/mol. The first kappa shape index (κ1) is 21.0.